The minimum absolute atomic E-state index is 0.0107. The Labute approximate surface area is 191 Å². The molecule has 0 saturated heterocycles. The first-order valence-electron chi connectivity index (χ1n) is 9.30. The van der Waals surface area contributed by atoms with Crippen LogP contribution in [0.1, 0.15) is 17.3 Å². The second kappa shape index (κ2) is 9.60. The van der Waals surface area contributed by atoms with Crippen LogP contribution in [0.5, 0.6) is 5.75 Å². The van der Waals surface area contributed by atoms with E-state index >= 15 is 0 Å². The molecule has 0 aromatic heterocycles. The standard InChI is InChI=1S/C22H20Cl2N2O4S/c1-3-26(16-7-5-4-6-8-16)31(28,29)17-10-12-21(30-2)20(14-17)25-22(27)18-11-9-15(23)13-19(18)24/h4-14H,3H2,1-2H3,(H,25,27). The Kier molecular flexibility index (Phi) is 7.10. The summed E-state index contributed by atoms with van der Waals surface area (Å²) in [6.07, 6.45) is 0. The number of methoxy groups -OCH3 is 1. The van der Waals surface area contributed by atoms with E-state index in [0.29, 0.717) is 16.5 Å². The largest absolute Gasteiger partial charge is 0.495 e. The van der Waals surface area contributed by atoms with Gasteiger partial charge in [0, 0.05) is 11.6 Å². The molecular formula is C22H20Cl2N2O4S. The summed E-state index contributed by atoms with van der Waals surface area (Å²) in [4.78, 5) is 12.7. The van der Waals surface area contributed by atoms with Gasteiger partial charge in [-0.3, -0.25) is 9.10 Å². The SMILES string of the molecule is CCN(c1ccccc1)S(=O)(=O)c1ccc(OC)c(NC(=O)c2ccc(Cl)cc2Cl)c1. The predicted molar refractivity (Wildman–Crippen MR) is 124 cm³/mol. The van der Waals surface area contributed by atoms with Crippen molar-refractivity contribution < 1.29 is 17.9 Å². The monoisotopic (exact) mass is 478 g/mol. The quantitative estimate of drug-likeness (QED) is 0.488. The minimum atomic E-state index is -3.88. The van der Waals surface area contributed by atoms with E-state index in [4.69, 9.17) is 27.9 Å². The molecule has 6 nitrogen and oxygen atoms in total. The van der Waals surface area contributed by atoms with Gasteiger partial charge in [-0.1, -0.05) is 41.4 Å². The minimum Gasteiger partial charge on any atom is -0.495 e. The van der Waals surface area contributed by atoms with Crippen molar-refractivity contribution in [3.63, 3.8) is 0 Å². The van der Waals surface area contributed by atoms with Gasteiger partial charge in [-0.2, -0.15) is 0 Å². The fourth-order valence-corrected chi connectivity index (χ4v) is 5.02. The number of carbonyl (C=O) groups excluding carboxylic acids is 1. The Morgan fingerprint density at radius 2 is 1.74 bits per heavy atom. The number of anilines is 2. The zero-order valence-corrected chi connectivity index (χ0v) is 19.1. The van der Waals surface area contributed by atoms with Crippen LogP contribution in [0.3, 0.4) is 0 Å². The Balaban J connectivity index is 1.99. The molecule has 0 aliphatic carbocycles. The number of hydrogen-bond acceptors (Lipinski definition) is 4. The summed E-state index contributed by atoms with van der Waals surface area (Å²) in [5, 5.41) is 3.24. The third-order valence-corrected chi connectivity index (χ3v) is 6.96. The van der Waals surface area contributed by atoms with Gasteiger partial charge in [0.1, 0.15) is 5.75 Å². The fraction of sp³-hybridized carbons (Fsp3) is 0.136. The van der Waals surface area contributed by atoms with Crippen LogP contribution < -0.4 is 14.4 Å². The smallest absolute Gasteiger partial charge is 0.264 e. The maximum Gasteiger partial charge on any atom is 0.264 e. The lowest BCUT2D eigenvalue weighted by Crippen LogP contribution is -2.30. The summed E-state index contributed by atoms with van der Waals surface area (Å²) in [5.74, 6) is -0.218. The summed E-state index contributed by atoms with van der Waals surface area (Å²) in [5.41, 5.74) is 0.934. The average molecular weight is 479 g/mol. The molecule has 0 radical (unpaired) electrons. The molecule has 31 heavy (non-hydrogen) atoms. The third kappa shape index (κ3) is 4.95. The molecule has 9 heteroatoms. The third-order valence-electron chi connectivity index (χ3n) is 4.51. The van der Waals surface area contributed by atoms with E-state index in [1.165, 1.54) is 41.7 Å². The number of hydrogen-bond donors (Lipinski definition) is 1. The van der Waals surface area contributed by atoms with Crippen LogP contribution >= 0.6 is 23.2 Å². The molecule has 0 aliphatic rings. The maximum absolute atomic E-state index is 13.3. The summed E-state index contributed by atoms with van der Waals surface area (Å²) in [6.45, 7) is 1.99. The Bertz CT molecular complexity index is 1200. The van der Waals surface area contributed by atoms with Crippen LogP contribution in [-0.2, 0) is 10.0 Å². The van der Waals surface area contributed by atoms with Crippen LogP contribution in [0.25, 0.3) is 0 Å². The number of sulfonamides is 1. The van der Waals surface area contributed by atoms with Gasteiger partial charge >= 0.3 is 0 Å². The van der Waals surface area contributed by atoms with Gasteiger partial charge in [0.25, 0.3) is 15.9 Å². The first-order chi connectivity index (χ1) is 14.8. The molecule has 0 atom stereocenters. The highest BCUT2D eigenvalue weighted by molar-refractivity contribution is 7.92. The lowest BCUT2D eigenvalue weighted by molar-refractivity contribution is 0.102. The highest BCUT2D eigenvalue weighted by Gasteiger charge is 2.25. The van der Waals surface area contributed by atoms with Crippen molar-refractivity contribution >= 4 is 50.5 Å². The number of halogens is 2. The van der Waals surface area contributed by atoms with Crippen molar-refractivity contribution in [2.24, 2.45) is 0 Å². The number of benzene rings is 3. The van der Waals surface area contributed by atoms with Gasteiger partial charge in [0.15, 0.2) is 0 Å². The Morgan fingerprint density at radius 1 is 1.03 bits per heavy atom. The number of nitrogens with zero attached hydrogens (tertiary/aromatic N) is 1. The van der Waals surface area contributed by atoms with Gasteiger partial charge in [0.2, 0.25) is 0 Å². The molecular weight excluding hydrogens is 459 g/mol. The van der Waals surface area contributed by atoms with Gasteiger partial charge in [-0.25, -0.2) is 8.42 Å². The fourth-order valence-electron chi connectivity index (χ4n) is 3.02. The number of rotatable bonds is 7. The van der Waals surface area contributed by atoms with E-state index in [2.05, 4.69) is 5.32 Å². The summed E-state index contributed by atoms with van der Waals surface area (Å²) < 4.78 is 33.2. The van der Waals surface area contributed by atoms with Crippen LogP contribution in [0, 0.1) is 0 Å². The van der Waals surface area contributed by atoms with Gasteiger partial charge < -0.3 is 10.1 Å². The molecule has 0 unspecified atom stereocenters. The first kappa shape index (κ1) is 22.9. The van der Waals surface area contributed by atoms with Gasteiger partial charge in [-0.05, 0) is 55.5 Å². The highest BCUT2D eigenvalue weighted by Crippen LogP contribution is 2.31. The lowest BCUT2D eigenvalue weighted by atomic mass is 10.2. The van der Waals surface area contributed by atoms with E-state index in [-0.39, 0.29) is 27.7 Å². The van der Waals surface area contributed by atoms with Crippen molar-refractivity contribution in [3.05, 3.63) is 82.3 Å². The number of carbonyl (C=O) groups is 1. The Hall–Kier alpha value is -2.74. The zero-order chi connectivity index (χ0) is 22.6. The van der Waals surface area contributed by atoms with Crippen LogP contribution in [0.4, 0.5) is 11.4 Å². The molecule has 3 rings (SSSR count). The second-order valence-corrected chi connectivity index (χ2v) is 9.15. The number of nitrogens with one attached hydrogen (secondary N) is 1. The van der Waals surface area contributed by atoms with Gasteiger partial charge in [-0.15, -0.1) is 0 Å². The molecule has 162 valence electrons. The molecule has 3 aromatic rings. The van der Waals surface area contributed by atoms with E-state index in [9.17, 15) is 13.2 Å². The second-order valence-electron chi connectivity index (χ2n) is 6.45. The van der Waals surface area contributed by atoms with E-state index in [1.54, 1.807) is 37.3 Å². The van der Waals surface area contributed by atoms with Crippen molar-refractivity contribution in [1.29, 1.82) is 0 Å². The van der Waals surface area contributed by atoms with Gasteiger partial charge in [0.05, 0.1) is 34.0 Å². The normalized spacial score (nSPS) is 11.1. The maximum atomic E-state index is 13.3. The van der Waals surface area contributed by atoms with E-state index < -0.39 is 15.9 Å². The lowest BCUT2D eigenvalue weighted by Gasteiger charge is -2.23. The van der Waals surface area contributed by atoms with Crippen LogP contribution in [-0.4, -0.2) is 28.0 Å². The number of ether oxygens (including phenoxy) is 1. The molecule has 0 fully saturated rings. The van der Waals surface area contributed by atoms with Crippen molar-refractivity contribution in [3.8, 4) is 5.75 Å². The number of amides is 1. The van der Waals surface area contributed by atoms with E-state index in [1.807, 2.05) is 6.07 Å². The summed E-state index contributed by atoms with van der Waals surface area (Å²) >= 11 is 12.0. The summed E-state index contributed by atoms with van der Waals surface area (Å²) in [6, 6.07) is 17.6. The zero-order valence-electron chi connectivity index (χ0n) is 16.8. The molecule has 3 aromatic carbocycles. The predicted octanol–water partition coefficient (Wildman–Crippen LogP) is 5.47. The highest BCUT2D eigenvalue weighted by atomic mass is 35.5. The van der Waals surface area contributed by atoms with E-state index in [0.717, 1.165) is 0 Å². The number of para-hydroxylation sites is 1. The first-order valence-corrected chi connectivity index (χ1v) is 11.5. The molecule has 0 bridgehead atoms. The van der Waals surface area contributed by atoms with Crippen LogP contribution in [0.2, 0.25) is 10.0 Å². The molecule has 0 saturated carbocycles. The summed E-state index contributed by atoms with van der Waals surface area (Å²) in [7, 11) is -2.46. The van der Waals surface area contributed by atoms with Crippen molar-refractivity contribution in [1.82, 2.24) is 0 Å². The molecule has 0 aliphatic heterocycles. The van der Waals surface area contributed by atoms with Crippen molar-refractivity contribution in [2.75, 3.05) is 23.3 Å². The topological polar surface area (TPSA) is 75.7 Å². The molecule has 1 N–H and O–H groups in total. The molecule has 0 spiro atoms. The van der Waals surface area contributed by atoms with Crippen molar-refractivity contribution in [2.45, 2.75) is 11.8 Å². The Morgan fingerprint density at radius 3 is 2.35 bits per heavy atom. The average Bonchev–Trinajstić information content (AvgIpc) is 2.74. The molecule has 0 heterocycles. The molecule has 1 amide bonds. The van der Waals surface area contributed by atoms with Crippen LogP contribution in [0.15, 0.2) is 71.6 Å².